The van der Waals surface area contributed by atoms with E-state index in [4.69, 9.17) is 24.8 Å². The molecule has 0 aliphatic rings. The summed E-state index contributed by atoms with van der Waals surface area (Å²) in [5.74, 6) is 0.614. The molecule has 0 saturated carbocycles. The van der Waals surface area contributed by atoms with Crippen LogP contribution < -0.4 is 15.8 Å². The summed E-state index contributed by atoms with van der Waals surface area (Å²) < 4.78 is 16.9. The van der Waals surface area contributed by atoms with Gasteiger partial charge >= 0.3 is 0 Å². The van der Waals surface area contributed by atoms with Crippen molar-refractivity contribution >= 4 is 33.5 Å². The van der Waals surface area contributed by atoms with Crippen LogP contribution in [0.5, 0.6) is 5.75 Å². The van der Waals surface area contributed by atoms with E-state index >= 15 is 0 Å². The van der Waals surface area contributed by atoms with Crippen molar-refractivity contribution in [2.75, 3.05) is 19.7 Å². The Bertz CT molecular complexity index is 951. The van der Waals surface area contributed by atoms with Gasteiger partial charge < -0.3 is 24.6 Å². The molecular weight excluding hydrogens is 374 g/mol. The van der Waals surface area contributed by atoms with Gasteiger partial charge in [-0.05, 0) is 43.5 Å². The van der Waals surface area contributed by atoms with Gasteiger partial charge in [-0.1, -0.05) is 18.0 Å². The molecule has 3 N–H and O–H groups in total. The number of fused-ring (bicyclic) bond motifs is 2. The summed E-state index contributed by atoms with van der Waals surface area (Å²) in [5, 5.41) is 8.02. The molecule has 1 amide bonds. The SMILES string of the molecule is [N-]=[N+]=Nc1c2occc2c(OCCCC(=O)NCCCCCCN)c2ccoc12. The van der Waals surface area contributed by atoms with E-state index in [1.165, 1.54) is 12.5 Å². The van der Waals surface area contributed by atoms with E-state index in [9.17, 15) is 4.79 Å². The Morgan fingerprint density at radius 2 is 1.79 bits per heavy atom. The minimum absolute atomic E-state index is 0.0213. The highest BCUT2D eigenvalue weighted by Gasteiger charge is 2.19. The van der Waals surface area contributed by atoms with Crippen molar-refractivity contribution in [2.45, 2.75) is 38.5 Å². The van der Waals surface area contributed by atoms with Gasteiger partial charge in [0.05, 0.1) is 29.9 Å². The number of benzene rings is 1. The van der Waals surface area contributed by atoms with Gasteiger partial charge in [-0.25, -0.2) is 0 Å². The first-order valence-electron chi connectivity index (χ1n) is 9.81. The smallest absolute Gasteiger partial charge is 0.220 e. The zero-order chi connectivity index (χ0) is 20.5. The molecule has 0 aliphatic carbocycles. The zero-order valence-corrected chi connectivity index (χ0v) is 16.2. The van der Waals surface area contributed by atoms with E-state index < -0.39 is 0 Å². The first-order chi connectivity index (χ1) is 14.3. The number of hydrogen-bond acceptors (Lipinski definition) is 6. The van der Waals surface area contributed by atoms with Gasteiger partial charge in [0.25, 0.3) is 0 Å². The van der Waals surface area contributed by atoms with Crippen molar-refractivity contribution in [3.63, 3.8) is 0 Å². The van der Waals surface area contributed by atoms with E-state index in [1.54, 1.807) is 12.1 Å². The second-order valence-electron chi connectivity index (χ2n) is 6.70. The van der Waals surface area contributed by atoms with Crippen LogP contribution in [-0.2, 0) is 4.79 Å². The number of nitrogens with zero attached hydrogens (tertiary/aromatic N) is 3. The number of amides is 1. The van der Waals surface area contributed by atoms with Crippen molar-refractivity contribution in [2.24, 2.45) is 10.8 Å². The first-order valence-corrected chi connectivity index (χ1v) is 9.81. The molecule has 0 unspecified atom stereocenters. The van der Waals surface area contributed by atoms with E-state index in [0.717, 1.165) is 32.2 Å². The number of rotatable bonds is 12. The molecule has 9 heteroatoms. The highest BCUT2D eigenvalue weighted by atomic mass is 16.5. The Balaban J connectivity index is 1.54. The predicted molar refractivity (Wildman–Crippen MR) is 110 cm³/mol. The Hall–Kier alpha value is -3.16. The van der Waals surface area contributed by atoms with Crippen LogP contribution in [0.1, 0.15) is 38.5 Å². The summed E-state index contributed by atoms with van der Waals surface area (Å²) in [6.45, 7) is 1.78. The maximum absolute atomic E-state index is 11.9. The molecule has 0 aliphatic heterocycles. The molecule has 3 rings (SSSR count). The number of hydrogen-bond donors (Lipinski definition) is 2. The van der Waals surface area contributed by atoms with Gasteiger partial charge in [-0.2, -0.15) is 0 Å². The number of azide groups is 1. The molecule has 1 aromatic carbocycles. The Labute approximate surface area is 167 Å². The number of carbonyl (C=O) groups is 1. The van der Waals surface area contributed by atoms with Gasteiger partial charge in [0, 0.05) is 17.9 Å². The van der Waals surface area contributed by atoms with Gasteiger partial charge in [-0.15, -0.1) is 0 Å². The average molecular weight is 399 g/mol. The molecule has 29 heavy (non-hydrogen) atoms. The lowest BCUT2D eigenvalue weighted by molar-refractivity contribution is -0.121. The topological polar surface area (TPSA) is 139 Å². The van der Waals surface area contributed by atoms with Crippen LogP contribution in [0.15, 0.2) is 38.6 Å². The summed E-state index contributed by atoms with van der Waals surface area (Å²) in [4.78, 5) is 14.8. The monoisotopic (exact) mass is 399 g/mol. The maximum atomic E-state index is 11.9. The lowest BCUT2D eigenvalue weighted by Gasteiger charge is -2.10. The van der Waals surface area contributed by atoms with Crippen molar-refractivity contribution in [3.05, 3.63) is 35.1 Å². The molecule has 9 nitrogen and oxygen atoms in total. The molecule has 0 fully saturated rings. The minimum atomic E-state index is 0.0213. The lowest BCUT2D eigenvalue weighted by atomic mass is 10.1. The molecule has 0 spiro atoms. The zero-order valence-electron chi connectivity index (χ0n) is 16.2. The minimum Gasteiger partial charge on any atom is -0.492 e. The molecule has 154 valence electrons. The number of nitrogens with one attached hydrogen (secondary N) is 1. The maximum Gasteiger partial charge on any atom is 0.220 e. The number of unbranched alkanes of at least 4 members (excludes halogenated alkanes) is 3. The van der Waals surface area contributed by atoms with Gasteiger partial charge in [0.15, 0.2) is 11.2 Å². The number of ether oxygens (including phenoxy) is 1. The Morgan fingerprint density at radius 1 is 1.10 bits per heavy atom. The van der Waals surface area contributed by atoms with E-state index in [0.29, 0.717) is 59.4 Å². The number of furan rings is 2. The fourth-order valence-electron chi connectivity index (χ4n) is 3.23. The number of carbonyl (C=O) groups excluding carboxylic acids is 1. The van der Waals surface area contributed by atoms with Crippen molar-refractivity contribution < 1.29 is 18.4 Å². The molecular formula is C20H25N5O4. The highest BCUT2D eigenvalue weighted by Crippen LogP contribution is 2.43. The molecule has 3 aromatic rings. The van der Waals surface area contributed by atoms with Crippen LogP contribution in [-0.4, -0.2) is 25.6 Å². The third kappa shape index (κ3) is 5.01. The third-order valence-corrected chi connectivity index (χ3v) is 4.64. The third-order valence-electron chi connectivity index (χ3n) is 4.64. The van der Waals surface area contributed by atoms with Gasteiger partial charge in [0.2, 0.25) is 5.91 Å². The van der Waals surface area contributed by atoms with Crippen molar-refractivity contribution in [1.29, 1.82) is 0 Å². The van der Waals surface area contributed by atoms with Crippen LogP contribution in [0.4, 0.5) is 5.69 Å². The summed E-state index contributed by atoms with van der Waals surface area (Å²) in [6, 6.07) is 3.51. The summed E-state index contributed by atoms with van der Waals surface area (Å²) in [7, 11) is 0. The van der Waals surface area contributed by atoms with Gasteiger partial charge in [0.1, 0.15) is 11.4 Å². The molecule has 0 bridgehead atoms. The normalized spacial score (nSPS) is 10.9. The molecule has 0 atom stereocenters. The quantitative estimate of drug-likeness (QED) is 0.193. The largest absolute Gasteiger partial charge is 0.492 e. The average Bonchev–Trinajstić information content (AvgIpc) is 3.39. The van der Waals surface area contributed by atoms with Gasteiger partial charge in [-0.3, -0.25) is 4.79 Å². The number of nitrogens with two attached hydrogens (primary N) is 1. The lowest BCUT2D eigenvalue weighted by Crippen LogP contribution is -2.24. The van der Waals surface area contributed by atoms with Crippen LogP contribution in [0.2, 0.25) is 0 Å². The van der Waals surface area contributed by atoms with Crippen LogP contribution in [0.25, 0.3) is 32.4 Å². The summed E-state index contributed by atoms with van der Waals surface area (Å²) in [6.07, 6.45) is 8.16. The second-order valence-corrected chi connectivity index (χ2v) is 6.70. The van der Waals surface area contributed by atoms with E-state index in [2.05, 4.69) is 15.3 Å². The predicted octanol–water partition coefficient (Wildman–Crippen LogP) is 4.92. The Morgan fingerprint density at radius 3 is 2.45 bits per heavy atom. The Kier molecular flexibility index (Phi) is 7.38. The summed E-state index contributed by atoms with van der Waals surface area (Å²) >= 11 is 0. The molecule has 2 heterocycles. The van der Waals surface area contributed by atoms with Crippen LogP contribution in [0, 0.1) is 0 Å². The van der Waals surface area contributed by atoms with Crippen molar-refractivity contribution in [1.82, 2.24) is 5.32 Å². The fraction of sp³-hybridized carbons (Fsp3) is 0.450. The fourth-order valence-corrected chi connectivity index (χ4v) is 3.23. The first kappa shape index (κ1) is 20.6. The summed E-state index contributed by atoms with van der Waals surface area (Å²) in [5.41, 5.74) is 15.4. The van der Waals surface area contributed by atoms with Crippen LogP contribution in [0.3, 0.4) is 0 Å². The molecule has 0 radical (unpaired) electrons. The van der Waals surface area contributed by atoms with Crippen LogP contribution >= 0.6 is 0 Å². The molecule has 2 aromatic heterocycles. The van der Waals surface area contributed by atoms with E-state index in [1.807, 2.05) is 0 Å². The highest BCUT2D eigenvalue weighted by molar-refractivity contribution is 6.10. The second kappa shape index (κ2) is 10.4. The molecule has 0 saturated heterocycles. The van der Waals surface area contributed by atoms with Crippen molar-refractivity contribution in [3.8, 4) is 5.75 Å². The standard InChI is InChI=1S/C20H25N5O4/c21-9-3-1-2-4-10-23-16(26)6-5-11-27-18-14-7-12-28-19(14)17(24-25-22)20-15(18)8-13-29-20/h7-8,12-13H,1-6,9-11,21H2,(H,23,26). The van der Waals surface area contributed by atoms with E-state index in [-0.39, 0.29) is 5.91 Å².